The van der Waals surface area contributed by atoms with Crippen molar-refractivity contribution < 1.29 is 9.53 Å². The van der Waals surface area contributed by atoms with Crippen LogP contribution in [-0.2, 0) is 16.0 Å². The zero-order chi connectivity index (χ0) is 17.4. The molecule has 128 valence electrons. The van der Waals surface area contributed by atoms with Crippen molar-refractivity contribution in [3.05, 3.63) is 60.2 Å². The van der Waals surface area contributed by atoms with Crippen LogP contribution in [0, 0.1) is 5.92 Å². The molecule has 0 radical (unpaired) electrons. The van der Waals surface area contributed by atoms with Crippen molar-refractivity contribution in [3.63, 3.8) is 0 Å². The highest BCUT2D eigenvalue weighted by Crippen LogP contribution is 2.20. The van der Waals surface area contributed by atoms with E-state index in [1.165, 1.54) is 16.7 Å². The van der Waals surface area contributed by atoms with Crippen molar-refractivity contribution in [1.82, 2.24) is 5.32 Å². The van der Waals surface area contributed by atoms with Gasteiger partial charge in [-0.05, 0) is 43.5 Å². The van der Waals surface area contributed by atoms with Gasteiger partial charge in [0, 0.05) is 6.04 Å². The minimum absolute atomic E-state index is 0.0917. The first-order valence-corrected chi connectivity index (χ1v) is 8.62. The summed E-state index contributed by atoms with van der Waals surface area (Å²) in [6, 6.07) is 19.3. The Morgan fingerprint density at radius 3 is 2.25 bits per heavy atom. The van der Waals surface area contributed by atoms with E-state index < -0.39 is 0 Å². The highest BCUT2D eigenvalue weighted by atomic mass is 16.5. The molecule has 24 heavy (non-hydrogen) atoms. The molecule has 2 aromatic rings. The summed E-state index contributed by atoms with van der Waals surface area (Å²) in [6.45, 7) is 4.21. The normalized spacial score (nSPS) is 13.3. The van der Waals surface area contributed by atoms with E-state index in [0.29, 0.717) is 6.61 Å². The van der Waals surface area contributed by atoms with Crippen molar-refractivity contribution in [3.8, 4) is 11.1 Å². The van der Waals surface area contributed by atoms with Crippen LogP contribution >= 0.6 is 0 Å². The maximum atomic E-state index is 11.8. The Hall–Kier alpha value is -2.13. The molecule has 0 saturated heterocycles. The number of likely N-dealkylation sites (N-methyl/N-ethyl adjacent to an activating group) is 1. The molecule has 0 bridgehead atoms. The van der Waals surface area contributed by atoms with Gasteiger partial charge < -0.3 is 10.1 Å². The monoisotopic (exact) mass is 325 g/mol. The summed E-state index contributed by atoms with van der Waals surface area (Å²) in [4.78, 5) is 11.8. The number of nitrogens with one attached hydrogen (secondary N) is 1. The van der Waals surface area contributed by atoms with Crippen molar-refractivity contribution in [2.45, 2.75) is 32.7 Å². The lowest BCUT2D eigenvalue weighted by Crippen LogP contribution is -2.32. The summed E-state index contributed by atoms with van der Waals surface area (Å²) in [5, 5.41) is 3.32. The molecule has 1 unspecified atom stereocenters. The minimum atomic E-state index is -0.114. The van der Waals surface area contributed by atoms with Gasteiger partial charge in [0.1, 0.15) is 0 Å². The lowest BCUT2D eigenvalue weighted by molar-refractivity contribution is -0.147. The van der Waals surface area contributed by atoms with Crippen LogP contribution in [0.1, 0.15) is 25.8 Å². The molecule has 0 saturated carbocycles. The molecule has 0 spiro atoms. The van der Waals surface area contributed by atoms with Gasteiger partial charge >= 0.3 is 5.97 Å². The first-order valence-electron chi connectivity index (χ1n) is 8.62. The third kappa shape index (κ3) is 5.20. The fourth-order valence-electron chi connectivity index (χ4n) is 2.86. The molecule has 0 aromatic heterocycles. The smallest absolute Gasteiger partial charge is 0.308 e. The van der Waals surface area contributed by atoms with Gasteiger partial charge in [-0.1, -0.05) is 61.5 Å². The zero-order valence-corrected chi connectivity index (χ0v) is 14.8. The largest absolute Gasteiger partial charge is 0.466 e. The molecule has 0 amide bonds. The summed E-state index contributed by atoms with van der Waals surface area (Å²) in [6.07, 6.45) is 1.67. The van der Waals surface area contributed by atoms with E-state index >= 15 is 0 Å². The molecular weight excluding hydrogens is 298 g/mol. The number of benzene rings is 2. The number of ether oxygens (including phenoxy) is 1. The van der Waals surface area contributed by atoms with E-state index in [4.69, 9.17) is 4.74 Å². The van der Waals surface area contributed by atoms with Gasteiger partial charge in [-0.3, -0.25) is 4.79 Å². The summed E-state index contributed by atoms with van der Waals surface area (Å²) >= 11 is 0. The van der Waals surface area contributed by atoms with Crippen LogP contribution < -0.4 is 5.32 Å². The first kappa shape index (κ1) is 18.2. The van der Waals surface area contributed by atoms with E-state index in [2.05, 4.69) is 53.8 Å². The third-order valence-corrected chi connectivity index (χ3v) is 4.28. The minimum Gasteiger partial charge on any atom is -0.466 e. The Kier molecular flexibility index (Phi) is 7.01. The Morgan fingerprint density at radius 2 is 1.67 bits per heavy atom. The molecule has 3 nitrogen and oxygen atoms in total. The van der Waals surface area contributed by atoms with Gasteiger partial charge in [-0.2, -0.15) is 0 Å². The van der Waals surface area contributed by atoms with Crippen molar-refractivity contribution in [1.29, 1.82) is 0 Å². The number of carbonyl (C=O) groups is 1. The van der Waals surface area contributed by atoms with Crippen LogP contribution in [0.5, 0.6) is 0 Å². The van der Waals surface area contributed by atoms with Crippen molar-refractivity contribution in [2.75, 3.05) is 13.7 Å². The summed E-state index contributed by atoms with van der Waals surface area (Å²) in [5.41, 5.74) is 3.72. The zero-order valence-electron chi connectivity index (χ0n) is 14.8. The maximum absolute atomic E-state index is 11.8. The maximum Gasteiger partial charge on any atom is 0.308 e. The molecule has 0 aliphatic carbocycles. The van der Waals surface area contributed by atoms with Crippen LogP contribution in [0.3, 0.4) is 0 Å². The molecular formula is C21H27NO2. The number of hydrogen-bond donors (Lipinski definition) is 1. The van der Waals surface area contributed by atoms with Crippen LogP contribution in [0.25, 0.3) is 11.1 Å². The van der Waals surface area contributed by atoms with Crippen LogP contribution in [0.15, 0.2) is 54.6 Å². The Bertz CT molecular complexity index is 622. The molecule has 1 N–H and O–H groups in total. The SMILES string of the molecule is CCOC(=O)[C@H](C)CC(Cc1ccc(-c2ccccc2)cc1)NC. The van der Waals surface area contributed by atoms with E-state index in [1.807, 2.05) is 27.0 Å². The van der Waals surface area contributed by atoms with Crippen LogP contribution in [0.2, 0.25) is 0 Å². The quantitative estimate of drug-likeness (QED) is 0.743. The standard InChI is InChI=1S/C21H27NO2/c1-4-24-21(23)16(2)14-20(22-3)15-17-10-12-19(13-11-17)18-8-6-5-7-9-18/h5-13,16,20,22H,4,14-15H2,1-3H3/t16-,20?/m1/s1. The molecule has 2 rings (SSSR count). The number of hydrogen-bond acceptors (Lipinski definition) is 3. The molecule has 0 aliphatic rings. The molecule has 2 atom stereocenters. The highest BCUT2D eigenvalue weighted by molar-refractivity contribution is 5.72. The summed E-state index contributed by atoms with van der Waals surface area (Å²) < 4.78 is 5.10. The molecule has 3 heteroatoms. The number of esters is 1. The molecule has 0 heterocycles. The molecule has 0 fully saturated rings. The van der Waals surface area contributed by atoms with Gasteiger partial charge in [-0.25, -0.2) is 0 Å². The number of carbonyl (C=O) groups excluding carboxylic acids is 1. The fourth-order valence-corrected chi connectivity index (χ4v) is 2.86. The number of rotatable bonds is 8. The van der Waals surface area contributed by atoms with E-state index in [-0.39, 0.29) is 17.9 Å². The van der Waals surface area contributed by atoms with Crippen molar-refractivity contribution >= 4 is 5.97 Å². The highest BCUT2D eigenvalue weighted by Gasteiger charge is 2.19. The second kappa shape index (κ2) is 9.24. The first-order chi connectivity index (χ1) is 11.6. The topological polar surface area (TPSA) is 38.3 Å². The third-order valence-electron chi connectivity index (χ3n) is 4.28. The Labute approximate surface area is 145 Å². The molecule has 0 aliphatic heterocycles. The average Bonchev–Trinajstić information content (AvgIpc) is 2.62. The van der Waals surface area contributed by atoms with Gasteiger partial charge in [0.2, 0.25) is 0 Å². The van der Waals surface area contributed by atoms with Gasteiger partial charge in [0.05, 0.1) is 12.5 Å². The van der Waals surface area contributed by atoms with Crippen LogP contribution in [-0.4, -0.2) is 25.7 Å². The predicted octanol–water partition coefficient (Wildman–Crippen LogP) is 4.07. The summed E-state index contributed by atoms with van der Waals surface area (Å²) in [7, 11) is 1.95. The second-order valence-electron chi connectivity index (χ2n) is 6.14. The fraction of sp³-hybridized carbons (Fsp3) is 0.381. The Balaban J connectivity index is 1.97. The van der Waals surface area contributed by atoms with E-state index in [9.17, 15) is 4.79 Å². The lowest BCUT2D eigenvalue weighted by atomic mass is 9.95. The summed E-state index contributed by atoms with van der Waals surface area (Å²) in [5.74, 6) is -0.205. The van der Waals surface area contributed by atoms with Gasteiger partial charge in [0.15, 0.2) is 0 Å². The van der Waals surface area contributed by atoms with E-state index in [0.717, 1.165) is 12.8 Å². The van der Waals surface area contributed by atoms with E-state index in [1.54, 1.807) is 0 Å². The predicted molar refractivity (Wildman–Crippen MR) is 98.8 cm³/mol. The van der Waals surface area contributed by atoms with Gasteiger partial charge in [-0.15, -0.1) is 0 Å². The second-order valence-corrected chi connectivity index (χ2v) is 6.14. The van der Waals surface area contributed by atoms with Gasteiger partial charge in [0.25, 0.3) is 0 Å². The average molecular weight is 325 g/mol. The van der Waals surface area contributed by atoms with Crippen LogP contribution in [0.4, 0.5) is 0 Å². The Morgan fingerprint density at radius 1 is 1.04 bits per heavy atom. The van der Waals surface area contributed by atoms with Crippen molar-refractivity contribution in [2.24, 2.45) is 5.92 Å². The lowest BCUT2D eigenvalue weighted by Gasteiger charge is -2.20. The molecule has 2 aromatic carbocycles.